The molecule has 0 aromatic heterocycles. The SMILES string of the molecule is COc1cc(C)ccc1N1c2ccccc2CCc2ccccc21. The first-order valence-corrected chi connectivity index (χ1v) is 8.38. The van der Waals surface area contributed by atoms with Gasteiger partial charge in [-0.15, -0.1) is 0 Å². The molecule has 0 spiro atoms. The lowest BCUT2D eigenvalue weighted by atomic mass is 10.0. The summed E-state index contributed by atoms with van der Waals surface area (Å²) in [5.74, 6) is 0.904. The molecule has 0 fully saturated rings. The van der Waals surface area contributed by atoms with E-state index in [9.17, 15) is 0 Å². The van der Waals surface area contributed by atoms with Crippen LogP contribution in [-0.2, 0) is 12.8 Å². The van der Waals surface area contributed by atoms with Gasteiger partial charge >= 0.3 is 0 Å². The summed E-state index contributed by atoms with van der Waals surface area (Å²) in [6, 6.07) is 23.8. The van der Waals surface area contributed by atoms with Crippen LogP contribution in [0, 0.1) is 6.92 Å². The largest absolute Gasteiger partial charge is 0.495 e. The van der Waals surface area contributed by atoms with E-state index in [0.717, 1.165) is 24.3 Å². The molecule has 0 amide bonds. The van der Waals surface area contributed by atoms with E-state index in [2.05, 4.69) is 78.6 Å². The van der Waals surface area contributed by atoms with Crippen molar-refractivity contribution >= 4 is 17.1 Å². The summed E-state index contributed by atoms with van der Waals surface area (Å²) in [6.45, 7) is 2.09. The minimum absolute atomic E-state index is 0.904. The molecule has 0 saturated carbocycles. The number of ether oxygens (including phenoxy) is 1. The highest BCUT2D eigenvalue weighted by Gasteiger charge is 2.23. The van der Waals surface area contributed by atoms with Crippen molar-refractivity contribution in [3.05, 3.63) is 83.4 Å². The highest BCUT2D eigenvalue weighted by Crippen LogP contribution is 2.45. The molecule has 1 heterocycles. The van der Waals surface area contributed by atoms with Gasteiger partial charge in [0.15, 0.2) is 0 Å². The Kier molecular flexibility index (Phi) is 3.73. The van der Waals surface area contributed by atoms with Crippen LogP contribution in [0.1, 0.15) is 16.7 Å². The van der Waals surface area contributed by atoms with Gasteiger partial charge in [0, 0.05) is 11.4 Å². The maximum atomic E-state index is 5.71. The summed E-state index contributed by atoms with van der Waals surface area (Å²) < 4.78 is 5.71. The van der Waals surface area contributed by atoms with E-state index >= 15 is 0 Å². The van der Waals surface area contributed by atoms with Crippen molar-refractivity contribution in [1.82, 2.24) is 0 Å². The van der Waals surface area contributed by atoms with Crippen LogP contribution >= 0.6 is 0 Å². The van der Waals surface area contributed by atoms with Crippen molar-refractivity contribution in [2.45, 2.75) is 19.8 Å². The third-order valence-electron chi connectivity index (χ3n) is 4.70. The molecule has 0 atom stereocenters. The van der Waals surface area contributed by atoms with Gasteiger partial charge in [0.25, 0.3) is 0 Å². The molecule has 2 heteroatoms. The maximum absolute atomic E-state index is 5.71. The van der Waals surface area contributed by atoms with Gasteiger partial charge in [-0.25, -0.2) is 0 Å². The molecular weight excluding hydrogens is 294 g/mol. The zero-order chi connectivity index (χ0) is 16.5. The molecule has 1 aliphatic heterocycles. The summed E-state index contributed by atoms with van der Waals surface area (Å²) >= 11 is 0. The third kappa shape index (κ3) is 2.44. The second-order valence-corrected chi connectivity index (χ2v) is 6.27. The predicted octanol–water partition coefficient (Wildman–Crippen LogP) is 5.57. The van der Waals surface area contributed by atoms with E-state index in [1.807, 2.05) is 0 Å². The Bertz CT molecular complexity index is 837. The minimum Gasteiger partial charge on any atom is -0.495 e. The predicted molar refractivity (Wildman–Crippen MR) is 99.8 cm³/mol. The molecule has 0 unspecified atom stereocenters. The fourth-order valence-electron chi connectivity index (χ4n) is 3.51. The van der Waals surface area contributed by atoms with Crippen molar-refractivity contribution in [3.8, 4) is 5.75 Å². The molecule has 0 saturated heterocycles. The minimum atomic E-state index is 0.904. The average Bonchev–Trinajstić information content (AvgIpc) is 2.79. The van der Waals surface area contributed by atoms with Crippen LogP contribution in [0.5, 0.6) is 5.75 Å². The van der Waals surface area contributed by atoms with Gasteiger partial charge in [0.2, 0.25) is 0 Å². The van der Waals surface area contributed by atoms with Crippen molar-refractivity contribution in [2.75, 3.05) is 12.0 Å². The fourth-order valence-corrected chi connectivity index (χ4v) is 3.51. The Labute approximate surface area is 143 Å². The Morgan fingerprint density at radius 2 is 1.33 bits per heavy atom. The quantitative estimate of drug-likeness (QED) is 0.613. The molecule has 1 aliphatic rings. The topological polar surface area (TPSA) is 12.5 Å². The first-order valence-electron chi connectivity index (χ1n) is 8.38. The number of hydrogen-bond acceptors (Lipinski definition) is 2. The Balaban J connectivity index is 2.00. The molecule has 0 bridgehead atoms. The summed E-state index contributed by atoms with van der Waals surface area (Å²) in [5, 5.41) is 0. The summed E-state index contributed by atoms with van der Waals surface area (Å²) in [4.78, 5) is 2.34. The number of para-hydroxylation sites is 2. The van der Waals surface area contributed by atoms with Gasteiger partial charge in [-0.1, -0.05) is 42.5 Å². The third-order valence-corrected chi connectivity index (χ3v) is 4.70. The number of nitrogens with zero attached hydrogens (tertiary/aromatic N) is 1. The highest BCUT2D eigenvalue weighted by molar-refractivity contribution is 5.84. The number of fused-ring (bicyclic) bond motifs is 2. The number of methoxy groups -OCH3 is 1. The van der Waals surface area contributed by atoms with E-state index in [-0.39, 0.29) is 0 Å². The number of rotatable bonds is 2. The van der Waals surface area contributed by atoms with Crippen molar-refractivity contribution < 1.29 is 4.74 Å². The number of aryl methyl sites for hydroxylation is 3. The Hall–Kier alpha value is -2.74. The smallest absolute Gasteiger partial charge is 0.143 e. The molecule has 4 rings (SSSR count). The van der Waals surface area contributed by atoms with E-state index in [4.69, 9.17) is 4.74 Å². The van der Waals surface area contributed by atoms with Crippen molar-refractivity contribution in [3.63, 3.8) is 0 Å². The molecule has 3 aromatic carbocycles. The van der Waals surface area contributed by atoms with E-state index in [0.29, 0.717) is 0 Å². The van der Waals surface area contributed by atoms with Crippen LogP contribution in [0.15, 0.2) is 66.7 Å². The van der Waals surface area contributed by atoms with Gasteiger partial charge in [0.05, 0.1) is 12.8 Å². The normalized spacial score (nSPS) is 13.0. The zero-order valence-corrected chi connectivity index (χ0v) is 14.1. The second-order valence-electron chi connectivity index (χ2n) is 6.27. The first kappa shape index (κ1) is 14.8. The lowest BCUT2D eigenvalue weighted by Gasteiger charge is -2.28. The molecule has 2 nitrogen and oxygen atoms in total. The van der Waals surface area contributed by atoms with Gasteiger partial charge in [-0.3, -0.25) is 0 Å². The summed E-state index contributed by atoms with van der Waals surface area (Å²) in [7, 11) is 1.74. The Morgan fingerprint density at radius 3 is 1.92 bits per heavy atom. The van der Waals surface area contributed by atoms with Crippen LogP contribution in [0.4, 0.5) is 17.1 Å². The van der Waals surface area contributed by atoms with Crippen LogP contribution in [-0.4, -0.2) is 7.11 Å². The summed E-state index contributed by atoms with van der Waals surface area (Å²) in [6.07, 6.45) is 2.11. The zero-order valence-electron chi connectivity index (χ0n) is 14.1. The lowest BCUT2D eigenvalue weighted by molar-refractivity contribution is 0.415. The number of hydrogen-bond donors (Lipinski definition) is 0. The maximum Gasteiger partial charge on any atom is 0.143 e. The van der Waals surface area contributed by atoms with E-state index in [1.54, 1.807) is 7.11 Å². The molecule has 0 N–H and O–H groups in total. The first-order chi connectivity index (χ1) is 11.8. The summed E-state index contributed by atoms with van der Waals surface area (Å²) in [5.41, 5.74) is 7.51. The van der Waals surface area contributed by atoms with Crippen molar-refractivity contribution in [2.24, 2.45) is 0 Å². The van der Waals surface area contributed by atoms with Crippen LogP contribution < -0.4 is 9.64 Å². The van der Waals surface area contributed by atoms with Crippen molar-refractivity contribution in [1.29, 1.82) is 0 Å². The van der Waals surface area contributed by atoms with Crippen LogP contribution in [0.2, 0.25) is 0 Å². The van der Waals surface area contributed by atoms with E-state index < -0.39 is 0 Å². The van der Waals surface area contributed by atoms with Gasteiger partial charge in [-0.2, -0.15) is 0 Å². The lowest BCUT2D eigenvalue weighted by Crippen LogP contribution is -2.12. The molecule has 3 aromatic rings. The van der Waals surface area contributed by atoms with Crippen LogP contribution in [0.3, 0.4) is 0 Å². The number of anilines is 3. The molecule has 0 radical (unpaired) electrons. The highest BCUT2D eigenvalue weighted by atomic mass is 16.5. The molecule has 120 valence electrons. The fraction of sp³-hybridized carbons (Fsp3) is 0.182. The Morgan fingerprint density at radius 1 is 0.750 bits per heavy atom. The van der Waals surface area contributed by atoms with Gasteiger partial charge in [0.1, 0.15) is 5.75 Å². The molecule has 24 heavy (non-hydrogen) atoms. The second kappa shape index (κ2) is 6.04. The van der Waals surface area contributed by atoms with Crippen LogP contribution in [0.25, 0.3) is 0 Å². The molecular formula is C22H21NO. The monoisotopic (exact) mass is 315 g/mol. The van der Waals surface area contributed by atoms with Gasteiger partial charge in [-0.05, 0) is 60.7 Å². The van der Waals surface area contributed by atoms with E-state index in [1.165, 1.54) is 28.1 Å². The number of benzene rings is 3. The average molecular weight is 315 g/mol. The molecule has 0 aliphatic carbocycles. The van der Waals surface area contributed by atoms with Gasteiger partial charge < -0.3 is 9.64 Å². The standard InChI is InChI=1S/C22H21NO/c1-16-11-14-21(22(15-16)24-2)23-19-9-5-3-7-17(19)12-13-18-8-4-6-10-20(18)23/h3-11,14-15H,12-13H2,1-2H3.